The highest BCUT2D eigenvalue weighted by Crippen LogP contribution is 2.37. The van der Waals surface area contributed by atoms with E-state index in [0.717, 1.165) is 16.9 Å². The lowest BCUT2D eigenvalue weighted by molar-refractivity contribution is 0.0849. The minimum Gasteiger partial charge on any atom is -0.508 e. The van der Waals surface area contributed by atoms with Crippen LogP contribution in [0.5, 0.6) is 17.2 Å². The standard InChI is InChI=1S/C22H18O4/c23-17-9-10-21-19(12-17)20(24)13-22(26-21)16-7-4-8-18(11-16)25-14-15-5-2-1-3-6-15/h1-12,22-23H,13-14H2. The van der Waals surface area contributed by atoms with Gasteiger partial charge in [-0.2, -0.15) is 0 Å². The molecule has 0 amide bonds. The second-order valence-corrected chi connectivity index (χ2v) is 6.26. The lowest BCUT2D eigenvalue weighted by Crippen LogP contribution is -2.20. The van der Waals surface area contributed by atoms with Crippen LogP contribution in [0.15, 0.2) is 72.8 Å². The molecule has 0 bridgehead atoms. The number of carbonyl (C=O) groups is 1. The van der Waals surface area contributed by atoms with Crippen molar-refractivity contribution in [2.75, 3.05) is 0 Å². The van der Waals surface area contributed by atoms with Gasteiger partial charge in [0, 0.05) is 0 Å². The Balaban J connectivity index is 1.51. The zero-order valence-corrected chi connectivity index (χ0v) is 14.1. The van der Waals surface area contributed by atoms with E-state index in [1.807, 2.05) is 54.6 Å². The van der Waals surface area contributed by atoms with Crippen LogP contribution < -0.4 is 9.47 Å². The third-order valence-electron chi connectivity index (χ3n) is 4.38. The predicted octanol–water partition coefficient (Wildman–Crippen LogP) is 4.68. The van der Waals surface area contributed by atoms with Crippen LogP contribution in [0.2, 0.25) is 0 Å². The fourth-order valence-corrected chi connectivity index (χ4v) is 3.04. The molecule has 0 aromatic heterocycles. The predicted molar refractivity (Wildman–Crippen MR) is 97.6 cm³/mol. The normalized spacial score (nSPS) is 15.8. The van der Waals surface area contributed by atoms with Crippen molar-refractivity contribution in [3.05, 3.63) is 89.5 Å². The summed E-state index contributed by atoms with van der Waals surface area (Å²) in [7, 11) is 0. The van der Waals surface area contributed by atoms with E-state index in [0.29, 0.717) is 17.9 Å². The van der Waals surface area contributed by atoms with Crippen molar-refractivity contribution in [1.29, 1.82) is 0 Å². The first-order valence-electron chi connectivity index (χ1n) is 8.48. The van der Waals surface area contributed by atoms with Crippen LogP contribution in [0.4, 0.5) is 0 Å². The van der Waals surface area contributed by atoms with Crippen LogP contribution in [-0.2, 0) is 6.61 Å². The molecule has 0 spiro atoms. The highest BCUT2D eigenvalue weighted by molar-refractivity contribution is 6.00. The highest BCUT2D eigenvalue weighted by Gasteiger charge is 2.28. The topological polar surface area (TPSA) is 55.8 Å². The number of Topliss-reactive ketones (excluding diaryl/α,β-unsaturated/α-hetero) is 1. The minimum absolute atomic E-state index is 0.0391. The molecule has 1 heterocycles. The second kappa shape index (κ2) is 6.92. The van der Waals surface area contributed by atoms with E-state index >= 15 is 0 Å². The molecule has 4 heteroatoms. The van der Waals surface area contributed by atoms with E-state index in [2.05, 4.69) is 0 Å². The van der Waals surface area contributed by atoms with Crippen LogP contribution in [0.3, 0.4) is 0 Å². The van der Waals surface area contributed by atoms with Crippen molar-refractivity contribution in [1.82, 2.24) is 0 Å². The average molecular weight is 346 g/mol. The summed E-state index contributed by atoms with van der Waals surface area (Å²) in [5, 5.41) is 9.55. The van der Waals surface area contributed by atoms with Gasteiger partial charge in [-0.1, -0.05) is 42.5 Å². The monoisotopic (exact) mass is 346 g/mol. The number of ether oxygens (including phenoxy) is 2. The lowest BCUT2D eigenvalue weighted by atomic mass is 9.96. The summed E-state index contributed by atoms with van der Waals surface area (Å²) < 4.78 is 11.8. The molecule has 1 unspecified atom stereocenters. The Labute approximate surface area is 151 Å². The number of fused-ring (bicyclic) bond motifs is 1. The average Bonchev–Trinajstić information content (AvgIpc) is 2.68. The number of ketones is 1. The number of phenols is 1. The van der Waals surface area contributed by atoms with E-state index in [-0.39, 0.29) is 24.1 Å². The zero-order valence-electron chi connectivity index (χ0n) is 14.1. The van der Waals surface area contributed by atoms with Gasteiger partial charge in [-0.3, -0.25) is 4.79 Å². The molecule has 26 heavy (non-hydrogen) atoms. The van der Waals surface area contributed by atoms with Gasteiger partial charge in [0.15, 0.2) is 5.78 Å². The Bertz CT molecular complexity index is 934. The molecule has 3 aromatic carbocycles. The molecule has 1 N–H and O–H groups in total. The molecule has 0 radical (unpaired) electrons. The van der Waals surface area contributed by atoms with Crippen molar-refractivity contribution in [2.24, 2.45) is 0 Å². The van der Waals surface area contributed by atoms with Gasteiger partial charge in [0.05, 0.1) is 12.0 Å². The van der Waals surface area contributed by atoms with Gasteiger partial charge < -0.3 is 14.6 Å². The van der Waals surface area contributed by atoms with Crippen molar-refractivity contribution >= 4 is 5.78 Å². The first-order chi connectivity index (χ1) is 12.7. The van der Waals surface area contributed by atoms with Gasteiger partial charge in [0.1, 0.15) is 30.0 Å². The molecule has 1 atom stereocenters. The van der Waals surface area contributed by atoms with Gasteiger partial charge in [-0.15, -0.1) is 0 Å². The van der Waals surface area contributed by atoms with E-state index in [1.54, 1.807) is 6.07 Å². The lowest BCUT2D eigenvalue weighted by Gasteiger charge is -2.25. The Morgan fingerprint density at radius 3 is 2.69 bits per heavy atom. The largest absolute Gasteiger partial charge is 0.508 e. The molecule has 3 aromatic rings. The van der Waals surface area contributed by atoms with Crippen molar-refractivity contribution in [3.63, 3.8) is 0 Å². The maximum atomic E-state index is 12.4. The van der Waals surface area contributed by atoms with Gasteiger partial charge in [0.2, 0.25) is 0 Å². The summed E-state index contributed by atoms with van der Waals surface area (Å²) in [4.78, 5) is 12.4. The summed E-state index contributed by atoms with van der Waals surface area (Å²) in [6.45, 7) is 0.483. The third kappa shape index (κ3) is 3.40. The molecule has 4 nitrogen and oxygen atoms in total. The summed E-state index contributed by atoms with van der Waals surface area (Å²) >= 11 is 0. The summed E-state index contributed by atoms with van der Waals surface area (Å²) in [6, 6.07) is 22.2. The molecular formula is C22H18O4. The Morgan fingerprint density at radius 2 is 1.85 bits per heavy atom. The van der Waals surface area contributed by atoms with Crippen molar-refractivity contribution in [3.8, 4) is 17.2 Å². The zero-order chi connectivity index (χ0) is 17.9. The number of phenolic OH excluding ortho intramolecular Hbond substituents is 1. The van der Waals surface area contributed by atoms with Crippen LogP contribution >= 0.6 is 0 Å². The summed E-state index contributed by atoms with van der Waals surface area (Å²) in [5.74, 6) is 1.26. The maximum absolute atomic E-state index is 12.4. The minimum atomic E-state index is -0.361. The molecule has 1 aliphatic rings. The molecule has 0 aliphatic carbocycles. The van der Waals surface area contributed by atoms with E-state index < -0.39 is 0 Å². The van der Waals surface area contributed by atoms with Crippen LogP contribution in [0, 0.1) is 0 Å². The Hall–Kier alpha value is -3.27. The van der Waals surface area contributed by atoms with Crippen LogP contribution in [-0.4, -0.2) is 10.9 Å². The second-order valence-electron chi connectivity index (χ2n) is 6.26. The molecule has 1 aliphatic heterocycles. The van der Waals surface area contributed by atoms with E-state index in [4.69, 9.17) is 9.47 Å². The van der Waals surface area contributed by atoms with Crippen molar-refractivity contribution < 1.29 is 19.4 Å². The Kier molecular flexibility index (Phi) is 4.32. The SMILES string of the molecule is O=C1CC(c2cccc(OCc3ccccc3)c2)Oc2ccc(O)cc21. The first kappa shape index (κ1) is 16.2. The molecule has 4 rings (SSSR count). The van der Waals surface area contributed by atoms with Gasteiger partial charge in [-0.25, -0.2) is 0 Å². The Morgan fingerprint density at radius 1 is 1.00 bits per heavy atom. The smallest absolute Gasteiger partial charge is 0.170 e. The molecule has 0 fully saturated rings. The fourth-order valence-electron chi connectivity index (χ4n) is 3.04. The maximum Gasteiger partial charge on any atom is 0.170 e. The third-order valence-corrected chi connectivity index (χ3v) is 4.38. The molecule has 130 valence electrons. The highest BCUT2D eigenvalue weighted by atomic mass is 16.5. The van der Waals surface area contributed by atoms with E-state index in [1.165, 1.54) is 12.1 Å². The molecule has 0 saturated carbocycles. The molecular weight excluding hydrogens is 328 g/mol. The number of rotatable bonds is 4. The number of carbonyl (C=O) groups excluding carboxylic acids is 1. The van der Waals surface area contributed by atoms with Crippen LogP contribution in [0.1, 0.15) is 34.0 Å². The van der Waals surface area contributed by atoms with Crippen molar-refractivity contribution in [2.45, 2.75) is 19.1 Å². The number of hydrogen-bond acceptors (Lipinski definition) is 4. The first-order valence-corrected chi connectivity index (χ1v) is 8.48. The van der Waals surface area contributed by atoms with Gasteiger partial charge in [-0.05, 0) is 41.5 Å². The number of hydrogen-bond donors (Lipinski definition) is 1. The summed E-state index contributed by atoms with van der Waals surface area (Å²) in [6.07, 6.45) is -0.127. The number of aromatic hydroxyl groups is 1. The van der Waals surface area contributed by atoms with Gasteiger partial charge >= 0.3 is 0 Å². The van der Waals surface area contributed by atoms with E-state index in [9.17, 15) is 9.90 Å². The van der Waals surface area contributed by atoms with Crippen LogP contribution in [0.25, 0.3) is 0 Å². The quantitative estimate of drug-likeness (QED) is 0.745. The molecule has 0 saturated heterocycles. The van der Waals surface area contributed by atoms with Gasteiger partial charge in [0.25, 0.3) is 0 Å². The fraction of sp³-hybridized carbons (Fsp3) is 0.136. The number of benzene rings is 3. The summed E-state index contributed by atoms with van der Waals surface area (Å²) in [5.41, 5.74) is 2.41.